The molecule has 2 heterocycles. The van der Waals surface area contributed by atoms with E-state index in [9.17, 15) is 13.2 Å². The largest absolute Gasteiger partial charge is 0.450 e. The number of alkyl halides is 3. The van der Waals surface area contributed by atoms with E-state index in [1.165, 1.54) is 18.3 Å². The van der Waals surface area contributed by atoms with Crippen LogP contribution in [0, 0.1) is 0 Å². The smallest absolute Gasteiger partial charge is 0.295 e. The summed E-state index contributed by atoms with van der Waals surface area (Å²) in [5, 5.41) is -0.141. The van der Waals surface area contributed by atoms with Crippen LogP contribution in [0.4, 0.5) is 13.2 Å². The average Bonchev–Trinajstić information content (AvgIpc) is 2.44. The minimum atomic E-state index is -4.49. The van der Waals surface area contributed by atoms with Gasteiger partial charge < -0.3 is 0 Å². The molecule has 2 rings (SSSR count). The number of aromatic nitrogens is 2. The van der Waals surface area contributed by atoms with Crippen LogP contribution < -0.4 is 0 Å². The molecule has 0 radical (unpaired) electrons. The maximum atomic E-state index is 12.4. The summed E-state index contributed by atoms with van der Waals surface area (Å²) >= 11 is 5.55. The summed E-state index contributed by atoms with van der Waals surface area (Å²) in [6, 6.07) is 4.56. The first-order chi connectivity index (χ1) is 6.50. The molecule has 0 aliphatic carbocycles. The molecule has 0 atom stereocenters. The summed E-state index contributed by atoms with van der Waals surface area (Å²) in [5.41, 5.74) is 0.251. The van der Waals surface area contributed by atoms with E-state index in [1.54, 1.807) is 6.07 Å². The Morgan fingerprint density at radius 1 is 1.29 bits per heavy atom. The highest BCUT2D eigenvalue weighted by Gasteiger charge is 2.36. The molecule has 2 aromatic rings. The lowest BCUT2D eigenvalue weighted by Gasteiger charge is -2.03. The summed E-state index contributed by atoms with van der Waals surface area (Å²) in [7, 11) is 0. The third-order valence-electron chi connectivity index (χ3n) is 1.76. The van der Waals surface area contributed by atoms with Crippen LogP contribution in [0.2, 0.25) is 5.15 Å². The summed E-state index contributed by atoms with van der Waals surface area (Å²) < 4.78 is 38.1. The molecule has 0 saturated carbocycles. The van der Waals surface area contributed by atoms with Crippen molar-refractivity contribution in [2.45, 2.75) is 6.18 Å². The molecule has 2 aromatic heterocycles. The first-order valence-electron chi connectivity index (χ1n) is 3.70. The number of pyridine rings is 1. The molecule has 0 amide bonds. The standard InChI is InChI=1S/C8H4ClF3N2/c9-6-5-3-1-2-4-14(5)7(13-6)8(10,11)12/h1-4H. The van der Waals surface area contributed by atoms with Crippen LogP contribution >= 0.6 is 11.6 Å². The minimum absolute atomic E-state index is 0.141. The quantitative estimate of drug-likeness (QED) is 0.667. The lowest BCUT2D eigenvalue weighted by atomic mass is 10.4. The average molecular weight is 221 g/mol. The Morgan fingerprint density at radius 2 is 2.00 bits per heavy atom. The third kappa shape index (κ3) is 1.33. The van der Waals surface area contributed by atoms with E-state index >= 15 is 0 Å². The van der Waals surface area contributed by atoms with Crippen molar-refractivity contribution >= 4 is 17.1 Å². The highest BCUT2D eigenvalue weighted by molar-refractivity contribution is 6.32. The first kappa shape index (κ1) is 9.33. The number of imidazole rings is 1. The second-order valence-corrected chi connectivity index (χ2v) is 3.04. The van der Waals surface area contributed by atoms with Crippen LogP contribution in [0.5, 0.6) is 0 Å². The van der Waals surface area contributed by atoms with Gasteiger partial charge in [-0.1, -0.05) is 17.7 Å². The summed E-state index contributed by atoms with van der Waals surface area (Å²) in [6.07, 6.45) is -3.21. The molecule has 0 saturated heterocycles. The van der Waals surface area contributed by atoms with Gasteiger partial charge in [-0.25, -0.2) is 4.98 Å². The number of hydrogen-bond donors (Lipinski definition) is 0. The molecule has 2 nitrogen and oxygen atoms in total. The normalized spacial score (nSPS) is 12.3. The Bertz CT molecular complexity index is 475. The van der Waals surface area contributed by atoms with Crippen molar-refractivity contribution in [3.8, 4) is 0 Å². The SMILES string of the molecule is FC(F)(F)c1nc(Cl)c2ccccn12. The fourth-order valence-electron chi connectivity index (χ4n) is 1.20. The fourth-order valence-corrected chi connectivity index (χ4v) is 1.43. The lowest BCUT2D eigenvalue weighted by molar-refractivity contribution is -0.145. The molecule has 0 fully saturated rings. The van der Waals surface area contributed by atoms with E-state index in [0.717, 1.165) is 4.40 Å². The van der Waals surface area contributed by atoms with Crippen LogP contribution in [-0.4, -0.2) is 9.38 Å². The van der Waals surface area contributed by atoms with Crippen LogP contribution in [-0.2, 0) is 6.18 Å². The van der Waals surface area contributed by atoms with Crippen molar-refractivity contribution in [2.75, 3.05) is 0 Å². The Balaban J connectivity index is 2.80. The zero-order valence-corrected chi connectivity index (χ0v) is 7.47. The van der Waals surface area contributed by atoms with E-state index in [-0.39, 0.29) is 10.7 Å². The van der Waals surface area contributed by atoms with Crippen molar-refractivity contribution in [1.82, 2.24) is 9.38 Å². The number of nitrogens with zero attached hydrogens (tertiary/aromatic N) is 2. The van der Waals surface area contributed by atoms with Gasteiger partial charge in [0.15, 0.2) is 5.15 Å². The van der Waals surface area contributed by atoms with Gasteiger partial charge in [-0.2, -0.15) is 13.2 Å². The number of hydrogen-bond acceptors (Lipinski definition) is 1. The molecule has 0 aliphatic rings. The van der Waals surface area contributed by atoms with Crippen molar-refractivity contribution in [3.63, 3.8) is 0 Å². The molecule has 0 unspecified atom stereocenters. The Labute approximate surface area is 81.9 Å². The van der Waals surface area contributed by atoms with Crippen molar-refractivity contribution in [1.29, 1.82) is 0 Å². The van der Waals surface area contributed by atoms with Crippen molar-refractivity contribution in [2.24, 2.45) is 0 Å². The van der Waals surface area contributed by atoms with Gasteiger partial charge in [0.1, 0.15) is 0 Å². The maximum Gasteiger partial charge on any atom is 0.450 e. The zero-order valence-electron chi connectivity index (χ0n) is 6.72. The predicted octanol–water partition coefficient (Wildman–Crippen LogP) is 3.01. The third-order valence-corrected chi connectivity index (χ3v) is 2.04. The Morgan fingerprint density at radius 3 is 2.64 bits per heavy atom. The Kier molecular flexibility index (Phi) is 1.92. The second-order valence-electron chi connectivity index (χ2n) is 2.68. The maximum absolute atomic E-state index is 12.4. The summed E-state index contributed by atoms with van der Waals surface area (Å²) in [4.78, 5) is 3.26. The van der Waals surface area contributed by atoms with Crippen LogP contribution in [0.15, 0.2) is 24.4 Å². The summed E-state index contributed by atoms with van der Waals surface area (Å²) in [6.45, 7) is 0. The van der Waals surface area contributed by atoms with Crippen LogP contribution in [0.25, 0.3) is 5.52 Å². The number of fused-ring (bicyclic) bond motifs is 1. The van der Waals surface area contributed by atoms with E-state index in [0.29, 0.717) is 0 Å². The molecule has 0 spiro atoms. The molecule has 0 N–H and O–H groups in total. The fraction of sp³-hybridized carbons (Fsp3) is 0.125. The van der Waals surface area contributed by atoms with Gasteiger partial charge in [0.2, 0.25) is 5.82 Å². The monoisotopic (exact) mass is 220 g/mol. The van der Waals surface area contributed by atoms with Crippen LogP contribution in [0.1, 0.15) is 5.82 Å². The minimum Gasteiger partial charge on any atom is -0.295 e. The number of rotatable bonds is 0. The second kappa shape index (κ2) is 2.88. The topological polar surface area (TPSA) is 17.3 Å². The van der Waals surface area contributed by atoms with Crippen molar-refractivity contribution in [3.05, 3.63) is 35.4 Å². The molecule has 14 heavy (non-hydrogen) atoms. The highest BCUT2D eigenvalue weighted by atomic mass is 35.5. The highest BCUT2D eigenvalue weighted by Crippen LogP contribution is 2.31. The summed E-state index contributed by atoms with van der Waals surface area (Å²) in [5.74, 6) is -1.00. The molecule has 0 aromatic carbocycles. The molecular formula is C8H4ClF3N2. The van der Waals surface area contributed by atoms with Gasteiger partial charge in [-0.15, -0.1) is 0 Å². The van der Waals surface area contributed by atoms with E-state index in [4.69, 9.17) is 11.6 Å². The van der Waals surface area contributed by atoms with Gasteiger partial charge in [-0.05, 0) is 12.1 Å². The molecular weight excluding hydrogens is 217 g/mol. The van der Waals surface area contributed by atoms with Gasteiger partial charge in [0.25, 0.3) is 0 Å². The molecule has 0 aliphatic heterocycles. The molecule has 6 heteroatoms. The van der Waals surface area contributed by atoms with E-state index in [2.05, 4.69) is 4.98 Å². The molecule has 0 bridgehead atoms. The van der Waals surface area contributed by atoms with Crippen LogP contribution in [0.3, 0.4) is 0 Å². The first-order valence-corrected chi connectivity index (χ1v) is 4.08. The van der Waals surface area contributed by atoms with Gasteiger partial charge >= 0.3 is 6.18 Å². The van der Waals surface area contributed by atoms with E-state index < -0.39 is 12.0 Å². The van der Waals surface area contributed by atoms with Gasteiger partial charge in [0.05, 0.1) is 5.52 Å². The predicted molar refractivity (Wildman–Crippen MR) is 45.2 cm³/mol. The van der Waals surface area contributed by atoms with E-state index in [1.807, 2.05) is 0 Å². The zero-order chi connectivity index (χ0) is 10.3. The molecule has 74 valence electrons. The van der Waals surface area contributed by atoms with Gasteiger partial charge in [0, 0.05) is 6.20 Å². The number of halogens is 4. The van der Waals surface area contributed by atoms with Gasteiger partial charge in [-0.3, -0.25) is 4.40 Å². The lowest BCUT2D eigenvalue weighted by Crippen LogP contribution is -2.10. The Hall–Kier alpha value is -1.23. The van der Waals surface area contributed by atoms with Crippen molar-refractivity contribution < 1.29 is 13.2 Å².